The molecule has 2 rings (SSSR count). The molecule has 0 aliphatic carbocycles. The summed E-state index contributed by atoms with van der Waals surface area (Å²) in [6, 6.07) is 5.45. The molecule has 0 bridgehead atoms. The molecule has 0 aliphatic heterocycles. The Kier molecular flexibility index (Phi) is 4.93. The zero-order valence-electron chi connectivity index (χ0n) is 13.0. The Balaban J connectivity index is 1.86. The molecule has 2 amide bonds. The molecule has 2 N–H and O–H groups in total. The molecule has 0 radical (unpaired) electrons. The fraction of sp³-hybridized carbons (Fsp3) is 0.312. The fourth-order valence-electron chi connectivity index (χ4n) is 2.00. The van der Waals surface area contributed by atoms with Gasteiger partial charge in [0.15, 0.2) is 0 Å². The third-order valence-corrected chi connectivity index (χ3v) is 3.48. The second-order valence-electron chi connectivity index (χ2n) is 5.26. The number of benzene rings is 1. The van der Waals surface area contributed by atoms with Gasteiger partial charge in [0.2, 0.25) is 0 Å². The van der Waals surface area contributed by atoms with Gasteiger partial charge in [0, 0.05) is 30.5 Å². The van der Waals surface area contributed by atoms with E-state index in [1.54, 1.807) is 6.92 Å². The number of nitrogens with zero attached hydrogens (tertiary/aromatic N) is 2. The Morgan fingerprint density at radius 1 is 1.18 bits per heavy atom. The Morgan fingerprint density at radius 3 is 2.68 bits per heavy atom. The molecule has 1 aromatic carbocycles. The molecular formula is C16H20N4O2. The highest BCUT2D eigenvalue weighted by Crippen LogP contribution is 2.13. The first kappa shape index (κ1) is 15.8. The number of anilines is 1. The van der Waals surface area contributed by atoms with Crippen molar-refractivity contribution in [3.05, 3.63) is 57.8 Å². The standard InChI is InChI=1S/C16H20N4O2/c1-11-4-5-14(8-12(11)2)19-16(22)18-6-7-20-10-17-9-13(3)15(20)21/h4-5,8-10H,6-7H2,1-3H3,(H2,18,19,22). The average molecular weight is 300 g/mol. The third kappa shape index (κ3) is 3.94. The molecule has 2 aromatic rings. The number of aromatic nitrogens is 2. The second-order valence-corrected chi connectivity index (χ2v) is 5.26. The van der Waals surface area contributed by atoms with Gasteiger partial charge in [-0.3, -0.25) is 9.36 Å². The van der Waals surface area contributed by atoms with Crippen LogP contribution >= 0.6 is 0 Å². The summed E-state index contributed by atoms with van der Waals surface area (Å²) in [5, 5.41) is 5.49. The number of carbonyl (C=O) groups is 1. The first-order valence-corrected chi connectivity index (χ1v) is 7.10. The van der Waals surface area contributed by atoms with Crippen LogP contribution in [0.4, 0.5) is 10.5 Å². The molecule has 1 aromatic heterocycles. The number of amides is 2. The van der Waals surface area contributed by atoms with Gasteiger partial charge in [-0.1, -0.05) is 6.07 Å². The van der Waals surface area contributed by atoms with Crippen molar-refractivity contribution in [2.45, 2.75) is 27.3 Å². The van der Waals surface area contributed by atoms with Gasteiger partial charge in [0.25, 0.3) is 5.56 Å². The second kappa shape index (κ2) is 6.89. The van der Waals surface area contributed by atoms with Crippen LogP contribution < -0.4 is 16.2 Å². The maximum Gasteiger partial charge on any atom is 0.319 e. The summed E-state index contributed by atoms with van der Waals surface area (Å²) >= 11 is 0. The molecule has 0 unspecified atom stereocenters. The number of aryl methyl sites for hydroxylation is 3. The van der Waals surface area contributed by atoms with Crippen LogP contribution in [0, 0.1) is 20.8 Å². The Bertz CT molecular complexity index is 737. The summed E-state index contributed by atoms with van der Waals surface area (Å²) in [5.74, 6) is 0. The largest absolute Gasteiger partial charge is 0.336 e. The molecule has 6 nitrogen and oxygen atoms in total. The average Bonchev–Trinajstić information content (AvgIpc) is 2.47. The van der Waals surface area contributed by atoms with Crippen LogP contribution in [0.2, 0.25) is 0 Å². The minimum absolute atomic E-state index is 0.0913. The molecule has 22 heavy (non-hydrogen) atoms. The molecule has 0 aliphatic rings. The normalized spacial score (nSPS) is 10.3. The Morgan fingerprint density at radius 2 is 1.95 bits per heavy atom. The molecule has 0 saturated heterocycles. The van der Waals surface area contributed by atoms with Crippen LogP contribution in [0.3, 0.4) is 0 Å². The van der Waals surface area contributed by atoms with Gasteiger partial charge in [0.1, 0.15) is 0 Å². The lowest BCUT2D eigenvalue weighted by molar-refractivity contribution is 0.251. The Labute approximate surface area is 129 Å². The molecule has 0 saturated carbocycles. The maximum atomic E-state index is 11.8. The van der Waals surface area contributed by atoms with Crippen molar-refractivity contribution in [2.75, 3.05) is 11.9 Å². The van der Waals surface area contributed by atoms with Crippen LogP contribution in [0.25, 0.3) is 0 Å². The molecule has 0 spiro atoms. The maximum absolute atomic E-state index is 11.8. The lowest BCUT2D eigenvalue weighted by Crippen LogP contribution is -2.34. The predicted molar refractivity (Wildman–Crippen MR) is 86.2 cm³/mol. The lowest BCUT2D eigenvalue weighted by atomic mass is 10.1. The SMILES string of the molecule is Cc1ccc(NC(=O)NCCn2cncc(C)c2=O)cc1C. The first-order chi connectivity index (χ1) is 10.5. The summed E-state index contributed by atoms with van der Waals surface area (Å²) in [4.78, 5) is 27.6. The topological polar surface area (TPSA) is 76.0 Å². The van der Waals surface area contributed by atoms with Crippen molar-refractivity contribution in [1.82, 2.24) is 14.9 Å². The van der Waals surface area contributed by atoms with Gasteiger partial charge in [-0.15, -0.1) is 0 Å². The number of carbonyl (C=O) groups excluding carboxylic acids is 1. The minimum Gasteiger partial charge on any atom is -0.336 e. The van der Waals surface area contributed by atoms with Crippen molar-refractivity contribution in [3.63, 3.8) is 0 Å². The van der Waals surface area contributed by atoms with E-state index in [-0.39, 0.29) is 11.6 Å². The summed E-state index contributed by atoms with van der Waals surface area (Å²) in [6.45, 7) is 6.46. The molecule has 0 atom stereocenters. The number of hydrogen-bond donors (Lipinski definition) is 2. The van der Waals surface area contributed by atoms with Crippen LogP contribution in [0.5, 0.6) is 0 Å². The number of hydrogen-bond acceptors (Lipinski definition) is 3. The highest BCUT2D eigenvalue weighted by Gasteiger charge is 2.04. The van der Waals surface area contributed by atoms with E-state index >= 15 is 0 Å². The zero-order chi connectivity index (χ0) is 16.1. The Hall–Kier alpha value is -2.63. The van der Waals surface area contributed by atoms with E-state index in [4.69, 9.17) is 0 Å². The smallest absolute Gasteiger partial charge is 0.319 e. The van der Waals surface area contributed by atoms with E-state index in [9.17, 15) is 9.59 Å². The fourth-order valence-corrected chi connectivity index (χ4v) is 2.00. The van der Waals surface area contributed by atoms with E-state index in [0.717, 1.165) is 11.3 Å². The van der Waals surface area contributed by atoms with Crippen LogP contribution in [0.1, 0.15) is 16.7 Å². The number of urea groups is 1. The predicted octanol–water partition coefficient (Wildman–Crippen LogP) is 1.99. The highest BCUT2D eigenvalue weighted by molar-refractivity contribution is 5.89. The lowest BCUT2D eigenvalue weighted by Gasteiger charge is -2.10. The highest BCUT2D eigenvalue weighted by atomic mass is 16.2. The van der Waals surface area contributed by atoms with Crippen LogP contribution in [-0.4, -0.2) is 22.1 Å². The molecule has 116 valence electrons. The quantitative estimate of drug-likeness (QED) is 0.906. The van der Waals surface area contributed by atoms with Gasteiger partial charge in [-0.05, 0) is 44.0 Å². The summed E-state index contributed by atoms with van der Waals surface area (Å²) < 4.78 is 1.48. The van der Waals surface area contributed by atoms with E-state index in [1.165, 1.54) is 22.7 Å². The first-order valence-electron chi connectivity index (χ1n) is 7.10. The molecular weight excluding hydrogens is 280 g/mol. The van der Waals surface area contributed by atoms with Gasteiger partial charge in [-0.2, -0.15) is 0 Å². The van der Waals surface area contributed by atoms with Crippen molar-refractivity contribution in [3.8, 4) is 0 Å². The van der Waals surface area contributed by atoms with Crippen molar-refractivity contribution < 1.29 is 4.79 Å². The molecule has 1 heterocycles. The zero-order valence-corrected chi connectivity index (χ0v) is 13.0. The van der Waals surface area contributed by atoms with E-state index in [2.05, 4.69) is 15.6 Å². The summed E-state index contributed by atoms with van der Waals surface area (Å²) in [5.41, 5.74) is 3.54. The van der Waals surface area contributed by atoms with Crippen LogP contribution in [0.15, 0.2) is 35.5 Å². The van der Waals surface area contributed by atoms with Crippen molar-refractivity contribution >= 4 is 11.7 Å². The molecule has 6 heteroatoms. The number of nitrogens with one attached hydrogen (secondary N) is 2. The summed E-state index contributed by atoms with van der Waals surface area (Å²) in [6.07, 6.45) is 3.00. The van der Waals surface area contributed by atoms with E-state index in [1.807, 2.05) is 32.0 Å². The van der Waals surface area contributed by atoms with Gasteiger partial charge < -0.3 is 10.6 Å². The monoisotopic (exact) mass is 300 g/mol. The summed E-state index contributed by atoms with van der Waals surface area (Å²) in [7, 11) is 0. The van der Waals surface area contributed by atoms with Gasteiger partial charge in [0.05, 0.1) is 6.33 Å². The minimum atomic E-state index is -0.295. The van der Waals surface area contributed by atoms with Gasteiger partial charge in [-0.25, -0.2) is 9.78 Å². The van der Waals surface area contributed by atoms with Crippen molar-refractivity contribution in [2.24, 2.45) is 0 Å². The van der Waals surface area contributed by atoms with Gasteiger partial charge >= 0.3 is 6.03 Å². The van der Waals surface area contributed by atoms with Crippen LogP contribution in [-0.2, 0) is 6.54 Å². The number of rotatable bonds is 4. The van der Waals surface area contributed by atoms with E-state index < -0.39 is 0 Å². The third-order valence-electron chi connectivity index (χ3n) is 3.48. The van der Waals surface area contributed by atoms with E-state index in [0.29, 0.717) is 18.7 Å². The molecule has 0 fully saturated rings. The van der Waals surface area contributed by atoms with Crippen molar-refractivity contribution in [1.29, 1.82) is 0 Å².